The van der Waals surface area contributed by atoms with Crippen molar-refractivity contribution in [3.63, 3.8) is 0 Å². The molecule has 1 aliphatic rings. The fourth-order valence-corrected chi connectivity index (χ4v) is 4.80. The standard InChI is InChI=1S/C24H28BrN3O3/c1-15(2)31-22(29)24(13-25)20-19(23(3,4)14-26-24)17-10-11-18(27-21(17)28-20)30-12-16-8-6-5-7-9-16/h5-11,15,26H,12-14H2,1-4H3,(H,27,28). The second kappa shape index (κ2) is 8.28. The Balaban J connectivity index is 1.75. The molecule has 6 nitrogen and oxygen atoms in total. The number of pyridine rings is 1. The number of carbonyl (C=O) groups is 1. The maximum atomic E-state index is 13.2. The zero-order valence-electron chi connectivity index (χ0n) is 18.3. The number of benzene rings is 1. The topological polar surface area (TPSA) is 76.2 Å². The number of H-pyrrole nitrogens is 1. The number of hydrogen-bond acceptors (Lipinski definition) is 5. The smallest absolute Gasteiger partial charge is 0.333 e. The molecule has 0 spiro atoms. The molecule has 3 heterocycles. The van der Waals surface area contributed by atoms with Crippen molar-refractivity contribution < 1.29 is 14.3 Å². The van der Waals surface area contributed by atoms with Crippen molar-refractivity contribution in [3.05, 3.63) is 59.3 Å². The summed E-state index contributed by atoms with van der Waals surface area (Å²) in [6, 6.07) is 13.9. The fraction of sp³-hybridized carbons (Fsp3) is 0.417. The van der Waals surface area contributed by atoms with E-state index in [9.17, 15) is 4.79 Å². The normalized spacial score (nSPS) is 19.9. The molecule has 3 aromatic rings. The van der Waals surface area contributed by atoms with Crippen LogP contribution in [0.15, 0.2) is 42.5 Å². The summed E-state index contributed by atoms with van der Waals surface area (Å²) in [5, 5.41) is 4.83. The van der Waals surface area contributed by atoms with Crippen molar-refractivity contribution in [1.82, 2.24) is 15.3 Å². The maximum absolute atomic E-state index is 13.2. The highest BCUT2D eigenvalue weighted by molar-refractivity contribution is 9.09. The molecule has 31 heavy (non-hydrogen) atoms. The number of halogens is 1. The molecule has 4 rings (SSSR count). The Kier molecular flexibility index (Phi) is 5.83. The van der Waals surface area contributed by atoms with Gasteiger partial charge in [-0.15, -0.1) is 0 Å². The highest BCUT2D eigenvalue weighted by atomic mass is 79.9. The molecule has 7 heteroatoms. The first-order valence-electron chi connectivity index (χ1n) is 10.5. The molecular weight excluding hydrogens is 458 g/mol. The molecule has 0 bridgehead atoms. The summed E-state index contributed by atoms with van der Waals surface area (Å²) in [4.78, 5) is 21.3. The number of esters is 1. The van der Waals surface area contributed by atoms with Crippen LogP contribution < -0.4 is 10.1 Å². The second-order valence-corrected chi connectivity index (χ2v) is 9.49. The van der Waals surface area contributed by atoms with Crippen molar-refractivity contribution in [3.8, 4) is 5.88 Å². The molecule has 0 saturated heterocycles. The third-order valence-electron chi connectivity index (χ3n) is 5.69. The summed E-state index contributed by atoms with van der Waals surface area (Å²) in [6.45, 7) is 9.12. The SMILES string of the molecule is CC(C)OC(=O)C1(CBr)NCC(C)(C)c2c1[nH]c1nc(OCc3ccccc3)ccc21. The van der Waals surface area contributed by atoms with Gasteiger partial charge in [-0.3, -0.25) is 5.32 Å². The van der Waals surface area contributed by atoms with Gasteiger partial charge in [0, 0.05) is 28.7 Å². The predicted octanol–water partition coefficient (Wildman–Crippen LogP) is 4.56. The lowest BCUT2D eigenvalue weighted by Crippen LogP contribution is -2.59. The van der Waals surface area contributed by atoms with Crippen molar-refractivity contribution in [2.24, 2.45) is 0 Å². The summed E-state index contributed by atoms with van der Waals surface area (Å²) in [5.74, 6) is 0.234. The number of ether oxygens (including phenoxy) is 2. The summed E-state index contributed by atoms with van der Waals surface area (Å²) >= 11 is 3.56. The molecule has 0 amide bonds. The summed E-state index contributed by atoms with van der Waals surface area (Å²) < 4.78 is 11.5. The largest absolute Gasteiger partial charge is 0.473 e. The molecule has 0 fully saturated rings. The van der Waals surface area contributed by atoms with Crippen molar-refractivity contribution in [2.75, 3.05) is 11.9 Å². The molecule has 2 N–H and O–H groups in total. The first-order valence-corrected chi connectivity index (χ1v) is 11.6. The molecule has 1 aromatic carbocycles. The van der Waals surface area contributed by atoms with Gasteiger partial charge in [0.2, 0.25) is 5.88 Å². The maximum Gasteiger partial charge on any atom is 0.333 e. The molecule has 1 atom stereocenters. The number of hydrogen-bond donors (Lipinski definition) is 2. The monoisotopic (exact) mass is 485 g/mol. The number of aromatic amines is 1. The molecule has 2 aromatic heterocycles. The number of rotatable bonds is 6. The van der Waals surface area contributed by atoms with Gasteiger partial charge in [0.25, 0.3) is 0 Å². The van der Waals surface area contributed by atoms with E-state index >= 15 is 0 Å². The second-order valence-electron chi connectivity index (χ2n) is 8.93. The van der Waals surface area contributed by atoms with Crippen LogP contribution in [0.2, 0.25) is 0 Å². The highest BCUT2D eigenvalue weighted by Gasteiger charge is 2.51. The summed E-state index contributed by atoms with van der Waals surface area (Å²) in [5.41, 5.74) is 2.48. The Bertz CT molecular complexity index is 1090. The minimum atomic E-state index is -0.999. The van der Waals surface area contributed by atoms with Crippen LogP contribution in [0.1, 0.15) is 44.5 Å². The van der Waals surface area contributed by atoms with E-state index in [-0.39, 0.29) is 17.5 Å². The van der Waals surface area contributed by atoms with Gasteiger partial charge in [-0.05, 0) is 31.0 Å². The fourth-order valence-electron chi connectivity index (χ4n) is 4.09. The van der Waals surface area contributed by atoms with Crippen molar-refractivity contribution in [1.29, 1.82) is 0 Å². The number of carbonyl (C=O) groups excluding carboxylic acids is 1. The molecule has 1 unspecified atom stereocenters. The predicted molar refractivity (Wildman–Crippen MR) is 125 cm³/mol. The highest BCUT2D eigenvalue weighted by Crippen LogP contribution is 2.43. The summed E-state index contributed by atoms with van der Waals surface area (Å²) in [6.07, 6.45) is -0.205. The third-order valence-corrected chi connectivity index (χ3v) is 6.53. The van der Waals surface area contributed by atoms with Crippen LogP contribution >= 0.6 is 15.9 Å². The average Bonchev–Trinajstić information content (AvgIpc) is 3.13. The van der Waals surface area contributed by atoms with Crippen LogP contribution in [0.5, 0.6) is 5.88 Å². The Morgan fingerprint density at radius 3 is 2.61 bits per heavy atom. The van der Waals surface area contributed by atoms with E-state index in [4.69, 9.17) is 14.5 Å². The summed E-state index contributed by atoms with van der Waals surface area (Å²) in [7, 11) is 0. The van der Waals surface area contributed by atoms with E-state index in [1.807, 2.05) is 56.3 Å². The van der Waals surface area contributed by atoms with Crippen LogP contribution in [0.25, 0.3) is 11.0 Å². The molecular formula is C24H28BrN3O3. The zero-order chi connectivity index (χ0) is 22.2. The quantitative estimate of drug-likeness (QED) is 0.395. The Morgan fingerprint density at radius 2 is 1.94 bits per heavy atom. The zero-order valence-corrected chi connectivity index (χ0v) is 19.9. The van der Waals surface area contributed by atoms with E-state index < -0.39 is 5.54 Å². The number of aromatic nitrogens is 2. The van der Waals surface area contributed by atoms with E-state index in [1.54, 1.807) is 0 Å². The molecule has 0 radical (unpaired) electrons. The number of fused-ring (bicyclic) bond motifs is 3. The van der Waals surface area contributed by atoms with Crippen LogP contribution in [-0.2, 0) is 27.1 Å². The van der Waals surface area contributed by atoms with E-state index in [1.165, 1.54) is 0 Å². The lowest BCUT2D eigenvalue weighted by atomic mass is 9.74. The Hall–Kier alpha value is -2.38. The van der Waals surface area contributed by atoms with Crippen molar-refractivity contribution >= 4 is 32.9 Å². The third kappa shape index (κ3) is 3.96. The van der Waals surface area contributed by atoms with E-state index in [0.717, 1.165) is 22.2 Å². The average molecular weight is 486 g/mol. The minimum Gasteiger partial charge on any atom is -0.473 e. The molecule has 164 valence electrons. The van der Waals surface area contributed by atoms with Crippen LogP contribution in [0.4, 0.5) is 0 Å². The van der Waals surface area contributed by atoms with Gasteiger partial charge in [0.1, 0.15) is 12.3 Å². The van der Waals surface area contributed by atoms with Gasteiger partial charge in [-0.2, -0.15) is 4.98 Å². The Labute approximate surface area is 190 Å². The first kappa shape index (κ1) is 21.8. The Morgan fingerprint density at radius 1 is 1.19 bits per heavy atom. The first-order chi connectivity index (χ1) is 14.8. The van der Waals surface area contributed by atoms with Gasteiger partial charge in [-0.1, -0.05) is 60.1 Å². The van der Waals surface area contributed by atoms with Gasteiger partial charge < -0.3 is 14.5 Å². The number of nitrogens with one attached hydrogen (secondary N) is 2. The minimum absolute atomic E-state index is 0.189. The van der Waals surface area contributed by atoms with E-state index in [0.29, 0.717) is 30.0 Å². The van der Waals surface area contributed by atoms with Crippen LogP contribution in [-0.4, -0.2) is 33.9 Å². The van der Waals surface area contributed by atoms with Crippen LogP contribution in [0, 0.1) is 0 Å². The molecule has 0 saturated carbocycles. The van der Waals surface area contributed by atoms with E-state index in [2.05, 4.69) is 40.1 Å². The van der Waals surface area contributed by atoms with Gasteiger partial charge >= 0.3 is 5.97 Å². The van der Waals surface area contributed by atoms with Crippen LogP contribution in [0.3, 0.4) is 0 Å². The molecule has 1 aliphatic heterocycles. The van der Waals surface area contributed by atoms with Gasteiger partial charge in [0.15, 0.2) is 5.54 Å². The van der Waals surface area contributed by atoms with Crippen molar-refractivity contribution in [2.45, 2.75) is 51.4 Å². The lowest BCUT2D eigenvalue weighted by Gasteiger charge is -2.42. The number of nitrogens with zero attached hydrogens (tertiary/aromatic N) is 1. The molecule has 0 aliphatic carbocycles. The van der Waals surface area contributed by atoms with Gasteiger partial charge in [0.05, 0.1) is 11.8 Å². The lowest BCUT2D eigenvalue weighted by molar-refractivity contribution is -0.155. The number of alkyl halides is 1. The van der Waals surface area contributed by atoms with Gasteiger partial charge in [-0.25, -0.2) is 4.79 Å².